The Balaban J connectivity index is 2.17. The van der Waals surface area contributed by atoms with Gasteiger partial charge >= 0.3 is 6.18 Å². The minimum absolute atomic E-state index is 0.259. The fourth-order valence-electron chi connectivity index (χ4n) is 3.19. The fourth-order valence-corrected chi connectivity index (χ4v) is 3.71. The molecule has 0 saturated carbocycles. The van der Waals surface area contributed by atoms with Gasteiger partial charge in [0.2, 0.25) is 0 Å². The molecule has 8 heteroatoms. The first-order chi connectivity index (χ1) is 12.3. The lowest BCUT2D eigenvalue weighted by Gasteiger charge is -2.13. The Morgan fingerprint density at radius 3 is 2.65 bits per heavy atom. The third-order valence-electron chi connectivity index (χ3n) is 4.35. The lowest BCUT2D eigenvalue weighted by atomic mass is 10.1. The van der Waals surface area contributed by atoms with E-state index in [1.807, 2.05) is 5.94 Å². The van der Waals surface area contributed by atoms with Crippen LogP contribution >= 0.6 is 15.9 Å². The summed E-state index contributed by atoms with van der Waals surface area (Å²) in [5.74, 6) is 1.84. The number of aromatic amines is 1. The van der Waals surface area contributed by atoms with E-state index in [9.17, 15) is 18.0 Å². The van der Waals surface area contributed by atoms with Gasteiger partial charge in [-0.2, -0.15) is 18.3 Å². The molecule has 0 radical (unpaired) electrons. The van der Waals surface area contributed by atoms with Crippen molar-refractivity contribution in [1.82, 2.24) is 14.8 Å². The van der Waals surface area contributed by atoms with Crippen molar-refractivity contribution in [2.24, 2.45) is 0 Å². The maximum atomic E-state index is 13.5. The molecule has 0 amide bonds. The molecule has 0 spiro atoms. The first-order valence-electron chi connectivity index (χ1n) is 7.79. The minimum atomic E-state index is -4.54. The molecule has 0 bridgehead atoms. The number of nitrogens with zero attached hydrogens (tertiary/aromatic N) is 2. The van der Waals surface area contributed by atoms with E-state index in [0.29, 0.717) is 44.0 Å². The van der Waals surface area contributed by atoms with Crippen molar-refractivity contribution in [2.45, 2.75) is 19.5 Å². The van der Waals surface area contributed by atoms with Gasteiger partial charge in [0.1, 0.15) is 11.0 Å². The Hall–Kier alpha value is -2.57. The largest absolute Gasteiger partial charge is 0.433 e. The molecule has 0 unspecified atom stereocenters. The Bertz CT molecular complexity index is 1230. The third-order valence-corrected chi connectivity index (χ3v) is 4.98. The molecule has 0 fully saturated rings. The summed E-state index contributed by atoms with van der Waals surface area (Å²) >= 11 is 3.39. The summed E-state index contributed by atoms with van der Waals surface area (Å²) in [6.07, 6.45) is -4.15. The Kier molecular flexibility index (Phi) is 3.71. The number of hydrogen-bond acceptors (Lipinski definition) is 2. The molecular formula is C18H11BrF3N3O. The molecule has 1 N–H and O–H groups in total. The minimum Gasteiger partial charge on any atom is -0.344 e. The van der Waals surface area contributed by atoms with E-state index in [1.54, 1.807) is 31.2 Å². The van der Waals surface area contributed by atoms with Gasteiger partial charge in [-0.25, -0.2) is 9.48 Å². The number of alkyl halides is 3. The second kappa shape index (κ2) is 5.72. The molecule has 4 nitrogen and oxygen atoms in total. The summed E-state index contributed by atoms with van der Waals surface area (Å²) in [7, 11) is 0. The number of H-pyrrole nitrogens is 1. The van der Waals surface area contributed by atoms with E-state index in [1.165, 1.54) is 0 Å². The predicted octanol–water partition coefficient (Wildman–Crippen LogP) is 4.07. The maximum absolute atomic E-state index is 13.5. The molecule has 2 heterocycles. The molecule has 0 aliphatic carbocycles. The van der Waals surface area contributed by atoms with Gasteiger partial charge in [-0.1, -0.05) is 25.1 Å². The van der Waals surface area contributed by atoms with E-state index < -0.39 is 11.9 Å². The Morgan fingerprint density at radius 2 is 2.00 bits per heavy atom. The number of aryl methyl sites for hydroxylation is 1. The van der Waals surface area contributed by atoms with Crippen LogP contribution < -0.4 is 5.35 Å². The van der Waals surface area contributed by atoms with Crippen LogP contribution in [0.1, 0.15) is 18.3 Å². The Labute approximate surface area is 153 Å². The normalized spacial score (nSPS) is 12.2. The maximum Gasteiger partial charge on any atom is 0.433 e. The second-order valence-corrected chi connectivity index (χ2v) is 6.72. The lowest BCUT2D eigenvalue weighted by Crippen LogP contribution is -2.13. The number of rotatable bonds is 2. The van der Waals surface area contributed by atoms with E-state index >= 15 is 0 Å². The van der Waals surface area contributed by atoms with Gasteiger partial charge in [-0.15, -0.1) is 0 Å². The second-order valence-electron chi connectivity index (χ2n) is 5.87. The van der Waals surface area contributed by atoms with Crippen LogP contribution in [0.2, 0.25) is 0 Å². The number of carbonyl (C=O) groups excluding carboxylic acids is 1. The summed E-state index contributed by atoms with van der Waals surface area (Å²) in [6, 6.07) is 7.78. The van der Waals surface area contributed by atoms with Crippen LogP contribution in [-0.4, -0.2) is 20.7 Å². The van der Waals surface area contributed by atoms with Crippen LogP contribution in [0, 0.1) is 0 Å². The van der Waals surface area contributed by atoms with Crippen molar-refractivity contribution in [3.63, 3.8) is 0 Å². The van der Waals surface area contributed by atoms with Crippen LogP contribution in [0.5, 0.6) is 0 Å². The number of halogens is 4. The number of hydrogen-bond donors (Lipinski definition) is 1. The molecule has 4 aromatic rings. The topological polar surface area (TPSA) is 50.7 Å². The van der Waals surface area contributed by atoms with E-state index in [-0.39, 0.29) is 5.35 Å². The fraction of sp³-hybridized carbons (Fsp3) is 0.167. The molecule has 0 aliphatic rings. The molecular weight excluding hydrogens is 411 g/mol. The van der Waals surface area contributed by atoms with Gasteiger partial charge in [-0.3, -0.25) is 0 Å². The van der Waals surface area contributed by atoms with Crippen molar-refractivity contribution in [2.75, 3.05) is 0 Å². The zero-order valence-electron chi connectivity index (χ0n) is 13.4. The summed E-state index contributed by atoms with van der Waals surface area (Å²) in [5, 5.41) is 6.24. The highest BCUT2D eigenvalue weighted by Crippen LogP contribution is 2.37. The number of benzene rings is 2. The highest BCUT2D eigenvalue weighted by atomic mass is 79.9. The number of nitrogens with one attached hydrogen (secondary N) is 1. The summed E-state index contributed by atoms with van der Waals surface area (Å²) < 4.78 is 42.1. The van der Waals surface area contributed by atoms with Gasteiger partial charge in [0.15, 0.2) is 5.94 Å². The highest BCUT2D eigenvalue weighted by Gasteiger charge is 2.36. The molecule has 4 rings (SSSR count). The van der Waals surface area contributed by atoms with E-state index in [2.05, 4.69) is 26.0 Å². The van der Waals surface area contributed by atoms with Gasteiger partial charge in [-0.05, 0) is 34.5 Å². The molecule has 0 saturated heterocycles. The summed E-state index contributed by atoms with van der Waals surface area (Å²) in [6.45, 7) is 1.75. The van der Waals surface area contributed by atoms with E-state index in [4.69, 9.17) is 0 Å². The SMILES string of the molecule is CCc1cc(C(F)(F)F)n(-c2cc(Br)c3[nH]c(=C=O)c4cccc2c34)n1. The van der Waals surface area contributed by atoms with Gasteiger partial charge in [0.05, 0.1) is 16.9 Å². The first-order valence-corrected chi connectivity index (χ1v) is 8.58. The molecule has 0 aliphatic heterocycles. The first kappa shape index (κ1) is 16.9. The van der Waals surface area contributed by atoms with Crippen molar-refractivity contribution in [1.29, 1.82) is 0 Å². The molecule has 2 aromatic carbocycles. The summed E-state index contributed by atoms with van der Waals surface area (Å²) in [5.41, 5.74) is 0.440. The number of aromatic nitrogens is 3. The summed E-state index contributed by atoms with van der Waals surface area (Å²) in [4.78, 5) is 14.2. The molecule has 132 valence electrons. The van der Waals surface area contributed by atoms with Crippen molar-refractivity contribution >= 4 is 43.5 Å². The van der Waals surface area contributed by atoms with Crippen molar-refractivity contribution in [3.05, 3.63) is 51.5 Å². The standard InChI is InChI=1S/C18H11BrF3N3O/c1-2-9-6-15(18(20,21)22)25(24-9)14-7-12(19)17-16-10(13(8-26)23-17)4-3-5-11(14)16/h3-7,23H,2H2,1H3. The quantitative estimate of drug-likeness (QED) is 0.530. The van der Waals surface area contributed by atoms with Crippen LogP contribution in [0.4, 0.5) is 13.2 Å². The van der Waals surface area contributed by atoms with Crippen molar-refractivity contribution in [3.8, 4) is 5.69 Å². The van der Waals surface area contributed by atoms with Crippen LogP contribution in [0.15, 0.2) is 34.8 Å². The Morgan fingerprint density at radius 1 is 1.27 bits per heavy atom. The van der Waals surface area contributed by atoms with Gasteiger partial charge in [0, 0.05) is 20.6 Å². The van der Waals surface area contributed by atoms with Crippen LogP contribution in [0.25, 0.3) is 27.4 Å². The highest BCUT2D eigenvalue weighted by molar-refractivity contribution is 9.10. The molecule has 0 atom stereocenters. The van der Waals surface area contributed by atoms with Gasteiger partial charge < -0.3 is 4.98 Å². The molecule has 26 heavy (non-hydrogen) atoms. The average molecular weight is 422 g/mol. The molecule has 2 aromatic heterocycles. The lowest BCUT2D eigenvalue weighted by molar-refractivity contribution is -0.142. The zero-order valence-corrected chi connectivity index (χ0v) is 15.0. The third kappa shape index (κ3) is 2.37. The zero-order chi connectivity index (χ0) is 18.6. The van der Waals surface area contributed by atoms with Crippen molar-refractivity contribution < 1.29 is 18.0 Å². The monoisotopic (exact) mass is 421 g/mol. The average Bonchev–Trinajstić information content (AvgIpc) is 3.20. The predicted molar refractivity (Wildman–Crippen MR) is 95.0 cm³/mol. The van der Waals surface area contributed by atoms with E-state index in [0.717, 1.165) is 10.7 Å². The van der Waals surface area contributed by atoms with Gasteiger partial charge in [0.25, 0.3) is 0 Å². The smallest absolute Gasteiger partial charge is 0.344 e. The van der Waals surface area contributed by atoms with Crippen LogP contribution in [0.3, 0.4) is 0 Å². The van der Waals surface area contributed by atoms with Crippen LogP contribution in [-0.2, 0) is 17.4 Å².